The van der Waals surface area contributed by atoms with Crippen molar-refractivity contribution >= 4 is 17.5 Å². The number of nitrogens with one attached hydrogen (secondary N) is 1. The van der Waals surface area contributed by atoms with Crippen LogP contribution in [-0.4, -0.2) is 31.5 Å². The third kappa shape index (κ3) is 2.01. The molecule has 0 bridgehead atoms. The van der Waals surface area contributed by atoms with E-state index in [1.54, 1.807) is 6.92 Å². The van der Waals surface area contributed by atoms with Gasteiger partial charge < -0.3 is 10.1 Å². The molecular weight excluding hydrogens is 239 g/mol. The van der Waals surface area contributed by atoms with Crippen molar-refractivity contribution in [2.45, 2.75) is 13.0 Å². The second-order valence-electron chi connectivity index (χ2n) is 3.97. The summed E-state index contributed by atoms with van der Waals surface area (Å²) in [6, 6.07) is 3.19. The number of piperazine rings is 1. The summed E-state index contributed by atoms with van der Waals surface area (Å²) >= 11 is 0. The fraction of sp³-hybridized carbons (Fsp3) is 0.333. The SMILES string of the molecule is COc1cc(F)ccc1N1C(=O)CNC(=O)C1C. The van der Waals surface area contributed by atoms with E-state index in [0.717, 1.165) is 0 Å². The number of rotatable bonds is 2. The van der Waals surface area contributed by atoms with Crippen molar-refractivity contribution in [2.24, 2.45) is 0 Å². The largest absolute Gasteiger partial charge is 0.494 e. The molecule has 18 heavy (non-hydrogen) atoms. The molecule has 1 aromatic carbocycles. The third-order valence-corrected chi connectivity index (χ3v) is 2.85. The van der Waals surface area contributed by atoms with E-state index in [-0.39, 0.29) is 24.1 Å². The predicted octanol–water partition coefficient (Wildman–Crippen LogP) is 0.686. The number of halogens is 1. The molecule has 6 heteroatoms. The van der Waals surface area contributed by atoms with Crippen LogP contribution in [0.15, 0.2) is 18.2 Å². The topological polar surface area (TPSA) is 58.6 Å². The van der Waals surface area contributed by atoms with Crippen LogP contribution in [0, 0.1) is 5.82 Å². The third-order valence-electron chi connectivity index (χ3n) is 2.85. The van der Waals surface area contributed by atoms with Gasteiger partial charge >= 0.3 is 0 Å². The Labute approximate surface area is 104 Å². The monoisotopic (exact) mass is 252 g/mol. The molecule has 1 atom stereocenters. The Morgan fingerprint density at radius 1 is 1.44 bits per heavy atom. The first-order valence-electron chi connectivity index (χ1n) is 5.48. The summed E-state index contributed by atoms with van der Waals surface area (Å²) in [5.41, 5.74) is 0.395. The number of anilines is 1. The number of nitrogens with zero attached hydrogens (tertiary/aromatic N) is 1. The van der Waals surface area contributed by atoms with E-state index >= 15 is 0 Å². The standard InChI is InChI=1S/C12H13FN2O3/c1-7-12(17)14-6-11(16)15(7)9-4-3-8(13)5-10(9)18-2/h3-5,7H,6H2,1-2H3,(H,14,17). The lowest BCUT2D eigenvalue weighted by Gasteiger charge is -2.33. The average Bonchev–Trinajstić information content (AvgIpc) is 2.36. The van der Waals surface area contributed by atoms with Gasteiger partial charge in [-0.25, -0.2) is 4.39 Å². The first-order chi connectivity index (χ1) is 8.54. The summed E-state index contributed by atoms with van der Waals surface area (Å²) in [7, 11) is 1.39. The summed E-state index contributed by atoms with van der Waals surface area (Å²) in [5, 5.41) is 2.49. The van der Waals surface area contributed by atoms with E-state index in [9.17, 15) is 14.0 Å². The number of ether oxygens (including phenoxy) is 1. The molecule has 0 saturated carbocycles. The number of amides is 2. The van der Waals surface area contributed by atoms with Gasteiger partial charge in [0.1, 0.15) is 17.6 Å². The molecule has 1 aliphatic heterocycles. The van der Waals surface area contributed by atoms with E-state index < -0.39 is 11.9 Å². The molecule has 1 aromatic rings. The maximum Gasteiger partial charge on any atom is 0.247 e. The van der Waals surface area contributed by atoms with Crippen LogP contribution >= 0.6 is 0 Å². The zero-order valence-corrected chi connectivity index (χ0v) is 10.1. The van der Waals surface area contributed by atoms with Gasteiger partial charge in [-0.05, 0) is 19.1 Å². The van der Waals surface area contributed by atoms with Gasteiger partial charge in [0.25, 0.3) is 0 Å². The second kappa shape index (κ2) is 4.64. The summed E-state index contributed by atoms with van der Waals surface area (Å²) in [5.74, 6) is -0.741. The lowest BCUT2D eigenvalue weighted by atomic mass is 10.1. The Balaban J connectivity index is 2.45. The minimum absolute atomic E-state index is 0.0658. The van der Waals surface area contributed by atoms with Crippen molar-refractivity contribution in [2.75, 3.05) is 18.6 Å². The zero-order chi connectivity index (χ0) is 13.3. The van der Waals surface area contributed by atoms with E-state index in [2.05, 4.69) is 5.32 Å². The fourth-order valence-electron chi connectivity index (χ4n) is 1.92. The number of benzene rings is 1. The van der Waals surface area contributed by atoms with Crippen molar-refractivity contribution in [1.29, 1.82) is 0 Å². The van der Waals surface area contributed by atoms with Crippen molar-refractivity contribution < 1.29 is 18.7 Å². The number of hydrogen-bond donors (Lipinski definition) is 1. The lowest BCUT2D eigenvalue weighted by molar-refractivity contribution is -0.130. The van der Waals surface area contributed by atoms with Crippen LogP contribution in [0.5, 0.6) is 5.75 Å². The Hall–Kier alpha value is -2.11. The Morgan fingerprint density at radius 2 is 2.17 bits per heavy atom. The number of methoxy groups -OCH3 is 1. The molecule has 1 heterocycles. The lowest BCUT2D eigenvalue weighted by Crippen LogP contribution is -2.57. The predicted molar refractivity (Wildman–Crippen MR) is 62.9 cm³/mol. The molecular formula is C12H13FN2O3. The highest BCUT2D eigenvalue weighted by Gasteiger charge is 2.33. The van der Waals surface area contributed by atoms with Crippen molar-refractivity contribution in [3.63, 3.8) is 0 Å². The molecule has 96 valence electrons. The molecule has 2 amide bonds. The highest BCUT2D eigenvalue weighted by molar-refractivity contribution is 6.07. The number of carbonyl (C=O) groups is 2. The molecule has 5 nitrogen and oxygen atoms in total. The zero-order valence-electron chi connectivity index (χ0n) is 10.1. The maximum absolute atomic E-state index is 13.1. The minimum Gasteiger partial charge on any atom is -0.494 e. The van der Waals surface area contributed by atoms with Gasteiger partial charge in [-0.2, -0.15) is 0 Å². The molecule has 0 aliphatic carbocycles. The highest BCUT2D eigenvalue weighted by Crippen LogP contribution is 2.31. The van der Waals surface area contributed by atoms with Crippen molar-refractivity contribution in [1.82, 2.24) is 5.32 Å². The normalized spacial score (nSPS) is 19.7. The van der Waals surface area contributed by atoms with E-state index in [4.69, 9.17) is 4.74 Å². The van der Waals surface area contributed by atoms with Gasteiger partial charge in [0, 0.05) is 6.07 Å². The van der Waals surface area contributed by atoms with Gasteiger partial charge in [-0.15, -0.1) is 0 Å². The average molecular weight is 252 g/mol. The first-order valence-corrected chi connectivity index (χ1v) is 5.48. The molecule has 0 radical (unpaired) electrons. The summed E-state index contributed by atoms with van der Waals surface area (Å²) in [6.07, 6.45) is 0. The number of hydrogen-bond acceptors (Lipinski definition) is 3. The molecule has 0 spiro atoms. The molecule has 1 unspecified atom stereocenters. The van der Waals surface area contributed by atoms with Crippen LogP contribution in [0.2, 0.25) is 0 Å². The second-order valence-corrected chi connectivity index (χ2v) is 3.97. The maximum atomic E-state index is 13.1. The van der Waals surface area contributed by atoms with Crippen LogP contribution in [0.4, 0.5) is 10.1 Å². The van der Waals surface area contributed by atoms with Gasteiger partial charge in [0.15, 0.2) is 0 Å². The van der Waals surface area contributed by atoms with Gasteiger partial charge in [0.05, 0.1) is 19.3 Å². The molecule has 0 aromatic heterocycles. The van der Waals surface area contributed by atoms with Gasteiger partial charge in [0.2, 0.25) is 11.8 Å². The summed E-state index contributed by atoms with van der Waals surface area (Å²) < 4.78 is 18.2. The van der Waals surface area contributed by atoms with E-state index in [0.29, 0.717) is 5.69 Å². The van der Waals surface area contributed by atoms with E-state index in [1.165, 1.54) is 30.2 Å². The van der Waals surface area contributed by atoms with Crippen LogP contribution in [0.25, 0.3) is 0 Å². The molecule has 1 saturated heterocycles. The molecule has 1 fully saturated rings. The van der Waals surface area contributed by atoms with Crippen LogP contribution in [0.3, 0.4) is 0 Å². The molecule has 1 N–H and O–H groups in total. The fourth-order valence-corrected chi connectivity index (χ4v) is 1.92. The Morgan fingerprint density at radius 3 is 2.83 bits per heavy atom. The smallest absolute Gasteiger partial charge is 0.247 e. The van der Waals surface area contributed by atoms with Crippen molar-refractivity contribution in [3.8, 4) is 5.75 Å². The minimum atomic E-state index is -0.648. The van der Waals surface area contributed by atoms with Crippen LogP contribution < -0.4 is 15.0 Å². The van der Waals surface area contributed by atoms with Crippen LogP contribution in [0.1, 0.15) is 6.92 Å². The highest BCUT2D eigenvalue weighted by atomic mass is 19.1. The Kier molecular flexibility index (Phi) is 3.18. The van der Waals surface area contributed by atoms with Gasteiger partial charge in [-0.1, -0.05) is 0 Å². The summed E-state index contributed by atoms with van der Waals surface area (Å²) in [6.45, 7) is 1.54. The Bertz CT molecular complexity index is 504. The van der Waals surface area contributed by atoms with Crippen molar-refractivity contribution in [3.05, 3.63) is 24.0 Å². The molecule has 1 aliphatic rings. The summed E-state index contributed by atoms with van der Waals surface area (Å²) in [4.78, 5) is 24.8. The van der Waals surface area contributed by atoms with Gasteiger partial charge in [-0.3, -0.25) is 14.5 Å². The van der Waals surface area contributed by atoms with E-state index in [1.807, 2.05) is 0 Å². The van der Waals surface area contributed by atoms with Crippen LogP contribution in [-0.2, 0) is 9.59 Å². The quantitative estimate of drug-likeness (QED) is 0.842. The first kappa shape index (κ1) is 12.3. The number of carbonyl (C=O) groups excluding carboxylic acids is 2. The molecule has 2 rings (SSSR count).